The highest BCUT2D eigenvalue weighted by Gasteiger charge is 2.08. The topological polar surface area (TPSA) is 20.2 Å². The van der Waals surface area contributed by atoms with Gasteiger partial charge in [0.05, 0.1) is 0 Å². The Hall–Kier alpha value is -1.40. The van der Waals surface area contributed by atoms with Gasteiger partial charge in [0.25, 0.3) is 0 Å². The molecule has 0 saturated heterocycles. The highest BCUT2D eigenvalue weighted by atomic mass is 31.1. The summed E-state index contributed by atoms with van der Waals surface area (Å²) in [5, 5.41) is 11.4. The van der Waals surface area contributed by atoms with E-state index in [9.17, 15) is 9.50 Å². The monoisotopic (exact) mass is 248 g/mol. The summed E-state index contributed by atoms with van der Waals surface area (Å²) in [4.78, 5) is 0. The highest BCUT2D eigenvalue weighted by molar-refractivity contribution is 7.55. The molecule has 0 spiro atoms. The van der Waals surface area contributed by atoms with Crippen molar-refractivity contribution in [2.75, 3.05) is 0 Å². The maximum absolute atomic E-state index is 13.5. The molecule has 0 aliphatic heterocycles. The molecule has 0 heterocycles. The first-order valence-electron chi connectivity index (χ1n) is 5.39. The molecule has 1 atom stereocenters. The van der Waals surface area contributed by atoms with Gasteiger partial charge in [-0.1, -0.05) is 32.8 Å². The lowest BCUT2D eigenvalue weighted by Gasteiger charge is -2.09. The standard InChI is InChI=1S/C14H14FOP/c1-9-7-10(2)14(16)13(8-9)17-12-6-4-3-5-11(12)15/h3-8,16-17H,1-2H3. The summed E-state index contributed by atoms with van der Waals surface area (Å²) in [5.74, 6) is 0.0570. The van der Waals surface area contributed by atoms with E-state index in [1.54, 1.807) is 12.1 Å². The summed E-state index contributed by atoms with van der Waals surface area (Å²) >= 11 is 0. The summed E-state index contributed by atoms with van der Waals surface area (Å²) in [7, 11) is 0.142. The van der Waals surface area contributed by atoms with Crippen molar-refractivity contribution >= 4 is 19.2 Å². The molecule has 2 aromatic rings. The van der Waals surface area contributed by atoms with E-state index < -0.39 is 0 Å². The predicted molar refractivity (Wildman–Crippen MR) is 71.6 cm³/mol. The molecule has 17 heavy (non-hydrogen) atoms. The van der Waals surface area contributed by atoms with Gasteiger partial charge in [0.1, 0.15) is 11.6 Å². The van der Waals surface area contributed by atoms with E-state index in [4.69, 9.17) is 0 Å². The summed E-state index contributed by atoms with van der Waals surface area (Å²) in [6.07, 6.45) is 0. The van der Waals surface area contributed by atoms with Crippen LogP contribution in [0.3, 0.4) is 0 Å². The van der Waals surface area contributed by atoms with Crippen molar-refractivity contribution < 1.29 is 9.50 Å². The van der Waals surface area contributed by atoms with E-state index >= 15 is 0 Å². The molecule has 0 fully saturated rings. The molecule has 1 unspecified atom stereocenters. The lowest BCUT2D eigenvalue weighted by molar-refractivity contribution is 0.475. The van der Waals surface area contributed by atoms with E-state index in [1.807, 2.05) is 32.0 Å². The summed E-state index contributed by atoms with van der Waals surface area (Å²) in [5.41, 5.74) is 1.92. The van der Waals surface area contributed by atoms with E-state index in [0.29, 0.717) is 5.30 Å². The lowest BCUT2D eigenvalue weighted by atomic mass is 10.1. The van der Waals surface area contributed by atoms with E-state index in [0.717, 1.165) is 16.4 Å². The van der Waals surface area contributed by atoms with Gasteiger partial charge in [0.2, 0.25) is 0 Å². The zero-order valence-electron chi connectivity index (χ0n) is 9.79. The largest absolute Gasteiger partial charge is 0.507 e. The van der Waals surface area contributed by atoms with Crippen molar-refractivity contribution in [3.8, 4) is 5.75 Å². The summed E-state index contributed by atoms with van der Waals surface area (Å²) < 4.78 is 13.5. The van der Waals surface area contributed by atoms with Crippen LogP contribution in [0.4, 0.5) is 4.39 Å². The molecule has 1 nitrogen and oxygen atoms in total. The third kappa shape index (κ3) is 2.65. The summed E-state index contributed by atoms with van der Waals surface area (Å²) in [6.45, 7) is 3.83. The molecule has 0 saturated carbocycles. The van der Waals surface area contributed by atoms with Crippen LogP contribution in [0.5, 0.6) is 5.75 Å². The number of rotatable bonds is 2. The second-order valence-corrected chi connectivity index (χ2v) is 5.41. The third-order valence-corrected chi connectivity index (χ3v) is 3.91. The van der Waals surface area contributed by atoms with Crippen LogP contribution in [0.1, 0.15) is 11.1 Å². The maximum atomic E-state index is 13.5. The van der Waals surface area contributed by atoms with Gasteiger partial charge in [-0.05, 0) is 37.1 Å². The molecule has 0 bridgehead atoms. The normalized spacial score (nSPS) is 11.2. The molecule has 0 amide bonds. The molecule has 0 aliphatic rings. The van der Waals surface area contributed by atoms with E-state index in [1.165, 1.54) is 6.07 Å². The van der Waals surface area contributed by atoms with Gasteiger partial charge in [-0.3, -0.25) is 0 Å². The molecule has 2 rings (SSSR count). The van der Waals surface area contributed by atoms with Crippen LogP contribution < -0.4 is 10.6 Å². The van der Waals surface area contributed by atoms with Gasteiger partial charge in [0.15, 0.2) is 0 Å². The number of hydrogen-bond donors (Lipinski definition) is 1. The van der Waals surface area contributed by atoms with Crippen LogP contribution >= 0.6 is 8.58 Å². The number of aryl methyl sites for hydroxylation is 2. The second kappa shape index (κ2) is 4.85. The Balaban J connectivity index is 2.40. The first kappa shape index (κ1) is 12.1. The summed E-state index contributed by atoms with van der Waals surface area (Å²) in [6, 6.07) is 10.5. The fraction of sp³-hybridized carbons (Fsp3) is 0.143. The fourth-order valence-corrected chi connectivity index (χ4v) is 3.05. The lowest BCUT2D eigenvalue weighted by Crippen LogP contribution is -2.08. The fourth-order valence-electron chi connectivity index (χ4n) is 1.76. The minimum absolute atomic E-state index is 0.142. The molecule has 88 valence electrons. The van der Waals surface area contributed by atoms with Gasteiger partial charge in [-0.25, -0.2) is 4.39 Å². The quantitative estimate of drug-likeness (QED) is 0.810. The van der Waals surface area contributed by atoms with Crippen molar-refractivity contribution in [1.29, 1.82) is 0 Å². The van der Waals surface area contributed by atoms with Crippen molar-refractivity contribution in [3.05, 3.63) is 53.3 Å². The molecular formula is C14H14FOP. The van der Waals surface area contributed by atoms with Crippen molar-refractivity contribution in [2.24, 2.45) is 0 Å². The SMILES string of the molecule is Cc1cc(C)c(O)c(Pc2ccccc2F)c1. The molecule has 0 radical (unpaired) electrons. The Morgan fingerprint density at radius 3 is 2.47 bits per heavy atom. The Labute approximate surface area is 102 Å². The number of halogens is 1. The Morgan fingerprint density at radius 2 is 1.76 bits per heavy atom. The number of benzene rings is 2. The zero-order chi connectivity index (χ0) is 12.4. The maximum Gasteiger partial charge on any atom is 0.130 e. The Bertz CT molecular complexity index is 552. The number of phenolic OH excluding ortho intramolecular Hbond substituents is 1. The van der Waals surface area contributed by atoms with Gasteiger partial charge in [-0.15, -0.1) is 0 Å². The average Bonchev–Trinajstić information content (AvgIpc) is 2.28. The molecule has 1 N–H and O–H groups in total. The van der Waals surface area contributed by atoms with Crippen molar-refractivity contribution in [1.82, 2.24) is 0 Å². The first-order chi connectivity index (χ1) is 8.08. The second-order valence-electron chi connectivity index (χ2n) is 4.08. The van der Waals surface area contributed by atoms with Crippen LogP contribution in [0.2, 0.25) is 0 Å². The van der Waals surface area contributed by atoms with E-state index in [-0.39, 0.29) is 20.1 Å². The number of hydrogen-bond acceptors (Lipinski definition) is 1. The zero-order valence-corrected chi connectivity index (χ0v) is 10.8. The van der Waals surface area contributed by atoms with Crippen LogP contribution in [-0.2, 0) is 0 Å². The third-order valence-electron chi connectivity index (χ3n) is 2.59. The number of phenols is 1. The van der Waals surface area contributed by atoms with Crippen LogP contribution in [-0.4, -0.2) is 5.11 Å². The predicted octanol–water partition coefficient (Wildman–Crippen LogP) is 2.78. The smallest absolute Gasteiger partial charge is 0.130 e. The molecule has 3 heteroatoms. The average molecular weight is 248 g/mol. The minimum Gasteiger partial charge on any atom is -0.507 e. The van der Waals surface area contributed by atoms with E-state index in [2.05, 4.69) is 0 Å². The minimum atomic E-state index is -0.218. The molecular weight excluding hydrogens is 234 g/mol. The molecule has 0 aromatic heterocycles. The van der Waals surface area contributed by atoms with Gasteiger partial charge >= 0.3 is 0 Å². The van der Waals surface area contributed by atoms with Crippen LogP contribution in [0, 0.1) is 19.7 Å². The Kier molecular flexibility index (Phi) is 3.44. The van der Waals surface area contributed by atoms with Gasteiger partial charge in [0, 0.05) is 10.6 Å². The number of aromatic hydroxyl groups is 1. The van der Waals surface area contributed by atoms with Gasteiger partial charge < -0.3 is 5.11 Å². The molecule has 2 aromatic carbocycles. The van der Waals surface area contributed by atoms with Crippen LogP contribution in [0.25, 0.3) is 0 Å². The van der Waals surface area contributed by atoms with Crippen LogP contribution in [0.15, 0.2) is 36.4 Å². The highest BCUT2D eigenvalue weighted by Crippen LogP contribution is 2.23. The first-order valence-corrected chi connectivity index (χ1v) is 6.39. The van der Waals surface area contributed by atoms with Crippen molar-refractivity contribution in [3.63, 3.8) is 0 Å². The van der Waals surface area contributed by atoms with Gasteiger partial charge in [-0.2, -0.15) is 0 Å². The Morgan fingerprint density at radius 1 is 1.06 bits per heavy atom. The van der Waals surface area contributed by atoms with Crippen molar-refractivity contribution in [2.45, 2.75) is 13.8 Å². The molecule has 0 aliphatic carbocycles.